The summed E-state index contributed by atoms with van der Waals surface area (Å²) in [7, 11) is 1.91. The highest BCUT2D eigenvalue weighted by atomic mass is 16.5. The Morgan fingerprint density at radius 1 is 0.839 bits per heavy atom. The number of aromatic nitrogens is 2. The Hall–Kier alpha value is -6.09. The van der Waals surface area contributed by atoms with Crippen LogP contribution in [0.3, 0.4) is 0 Å². The Morgan fingerprint density at radius 2 is 1.53 bits per heavy atom. The smallest absolute Gasteiger partial charge is 0.249 e. The Morgan fingerprint density at radius 3 is 2.24 bits per heavy atom. The molecule has 15 heteroatoms. The molecule has 62 heavy (non-hydrogen) atoms. The number of nitrogens with zero attached hydrogens (tertiary/aromatic N) is 8. The van der Waals surface area contributed by atoms with E-state index >= 15 is 0 Å². The topological polar surface area (TPSA) is 164 Å². The molecule has 5 fully saturated rings. The van der Waals surface area contributed by atoms with E-state index < -0.39 is 0 Å². The van der Waals surface area contributed by atoms with E-state index in [1.807, 2.05) is 53.2 Å². The van der Waals surface area contributed by atoms with Gasteiger partial charge >= 0.3 is 0 Å². The van der Waals surface area contributed by atoms with Crippen LogP contribution in [0.1, 0.15) is 52.4 Å². The molecule has 1 aromatic heterocycles. The summed E-state index contributed by atoms with van der Waals surface area (Å²) in [6, 6.07) is 26.4. The number of nitrogen functional groups attached to an aromatic ring is 1. The number of carbonyl (C=O) groups is 3. The van der Waals surface area contributed by atoms with Crippen LogP contribution >= 0.6 is 0 Å². The predicted octanol–water partition coefficient (Wildman–Crippen LogP) is 4.50. The first kappa shape index (κ1) is 41.3. The Bertz CT molecular complexity index is 2280. The summed E-state index contributed by atoms with van der Waals surface area (Å²) < 4.78 is 6.60. The maximum atomic E-state index is 13.7. The predicted molar refractivity (Wildman–Crippen MR) is 241 cm³/mol. The molecule has 5 aliphatic heterocycles. The highest BCUT2D eigenvalue weighted by molar-refractivity contribution is 6.01. The first-order valence-electron chi connectivity index (χ1n) is 22.2. The minimum Gasteiger partial charge on any atom is -0.507 e. The van der Waals surface area contributed by atoms with Gasteiger partial charge in [-0.25, -0.2) is 0 Å². The quantitative estimate of drug-likeness (QED) is 0.192. The number of amides is 3. The van der Waals surface area contributed by atoms with Gasteiger partial charge in [0.1, 0.15) is 23.6 Å². The average Bonchev–Trinajstić information content (AvgIpc) is 3.52. The third-order valence-corrected chi connectivity index (χ3v) is 13.6. The number of nitrogens with one attached hydrogen (secondary N) is 1. The van der Waals surface area contributed by atoms with Gasteiger partial charge in [0.05, 0.1) is 17.9 Å². The number of phenolic OH excluding ortho intramolecular Hbond substituents is 1. The van der Waals surface area contributed by atoms with Gasteiger partial charge in [-0.2, -0.15) is 0 Å². The number of ether oxygens (including phenoxy) is 1. The number of carbonyl (C=O) groups excluding carboxylic acids is 3. The Kier molecular flexibility index (Phi) is 11.5. The van der Waals surface area contributed by atoms with E-state index in [0.717, 1.165) is 80.4 Å². The molecule has 1 unspecified atom stereocenters. The lowest BCUT2D eigenvalue weighted by Gasteiger charge is -2.46. The number of para-hydroxylation sites is 1. The number of anilines is 5. The summed E-state index contributed by atoms with van der Waals surface area (Å²) in [6.07, 6.45) is 4.61. The van der Waals surface area contributed by atoms with Crippen LogP contribution in [-0.2, 0) is 14.4 Å². The number of aromatic hydroxyl groups is 1. The fourth-order valence-corrected chi connectivity index (χ4v) is 10.6. The van der Waals surface area contributed by atoms with Crippen molar-refractivity contribution in [2.24, 2.45) is 0 Å². The monoisotopic (exact) mass is 842 g/mol. The highest BCUT2D eigenvalue weighted by Crippen LogP contribution is 2.40. The fourth-order valence-electron chi connectivity index (χ4n) is 10.6. The Labute approximate surface area is 363 Å². The second-order valence-electron chi connectivity index (χ2n) is 17.8. The number of likely N-dealkylation sites (N-methyl/N-ethyl adjacent to an activating group) is 1. The van der Waals surface area contributed by atoms with Gasteiger partial charge in [-0.1, -0.05) is 24.3 Å². The number of imide groups is 1. The Balaban J connectivity index is 0.761. The van der Waals surface area contributed by atoms with Crippen molar-refractivity contribution >= 4 is 46.3 Å². The maximum Gasteiger partial charge on any atom is 0.249 e. The molecule has 3 amide bonds. The lowest BCUT2D eigenvalue weighted by molar-refractivity contribution is -0.135. The zero-order valence-electron chi connectivity index (χ0n) is 35.9. The van der Waals surface area contributed by atoms with Gasteiger partial charge in [-0.3, -0.25) is 24.6 Å². The molecule has 326 valence electrons. The molecule has 15 nitrogen and oxygen atoms in total. The van der Waals surface area contributed by atoms with Crippen molar-refractivity contribution in [3.8, 4) is 22.8 Å². The zero-order valence-corrected chi connectivity index (χ0v) is 35.9. The first-order valence-corrected chi connectivity index (χ1v) is 22.2. The van der Waals surface area contributed by atoms with Crippen molar-refractivity contribution in [3.63, 3.8) is 0 Å². The summed E-state index contributed by atoms with van der Waals surface area (Å²) in [6.45, 7) is 9.30. The summed E-state index contributed by atoms with van der Waals surface area (Å²) >= 11 is 0. The van der Waals surface area contributed by atoms with Crippen molar-refractivity contribution in [1.82, 2.24) is 25.3 Å². The van der Waals surface area contributed by atoms with Crippen LogP contribution in [0.5, 0.6) is 11.5 Å². The van der Waals surface area contributed by atoms with Gasteiger partial charge in [0.15, 0.2) is 5.82 Å². The van der Waals surface area contributed by atoms with Crippen molar-refractivity contribution in [2.75, 3.05) is 78.2 Å². The number of hydrogen-bond acceptors (Lipinski definition) is 13. The molecule has 2 bridgehead atoms. The third-order valence-electron chi connectivity index (χ3n) is 13.6. The SMILES string of the molecule is C[C@@H]1CN(CC(=O)N2CCC(Oc3cccc(N4[C@@H]5CC[C@H]4CN(c4cc(-c6ccccc6O)nnc4N)C5)c3)CC2)C[C@H](C)N1c1cccc(N(C)C2CCC(=O)NC2=O)c1. The number of piperidine rings is 2. The lowest BCUT2D eigenvalue weighted by Crippen LogP contribution is -2.59. The molecule has 4 aromatic rings. The molecule has 0 radical (unpaired) electrons. The fraction of sp³-hybridized carbons (Fsp3) is 0.468. The van der Waals surface area contributed by atoms with Gasteiger partial charge in [-0.15, -0.1) is 10.2 Å². The number of phenols is 1. The standard InChI is InChI=1S/C47H58N10O5/c1-30-25-53(26-31(2)56(30)33-9-6-8-32(22-33)52(3)41-16-17-44(59)49-47(41)61)29-45(60)54-20-18-37(19-21-54)62-38-11-7-10-34(23-38)57-35-14-15-36(57)28-55(27-35)42-24-40(50-51-46(42)48)39-12-4-5-13-43(39)58/h4-13,22-24,30-31,35-37,41,58H,14-21,25-29H2,1-3H3,(H2,48,51)(H,49,59,61)/t30-,31+,35-,36+,41?. The number of likely N-dealkylation sites (tertiary alicyclic amines) is 1. The molecular formula is C47H58N10O5. The molecule has 4 N–H and O–H groups in total. The molecule has 9 rings (SSSR count). The number of piperazine rings is 2. The molecule has 0 aliphatic carbocycles. The summed E-state index contributed by atoms with van der Waals surface area (Å²) in [5.74, 6) is 1.11. The van der Waals surface area contributed by atoms with Crippen molar-refractivity contribution < 1.29 is 24.2 Å². The van der Waals surface area contributed by atoms with Crippen LogP contribution in [-0.4, -0.2) is 132 Å². The van der Waals surface area contributed by atoms with E-state index in [4.69, 9.17) is 10.5 Å². The second kappa shape index (κ2) is 17.3. The van der Waals surface area contributed by atoms with Crippen LogP contribution < -0.4 is 35.4 Å². The molecule has 5 aliphatic rings. The molecule has 3 aromatic carbocycles. The van der Waals surface area contributed by atoms with Crippen molar-refractivity contribution in [1.29, 1.82) is 0 Å². The lowest BCUT2D eigenvalue weighted by atomic mass is 10.0. The van der Waals surface area contributed by atoms with E-state index in [1.54, 1.807) is 12.1 Å². The molecular weight excluding hydrogens is 785 g/mol. The van der Waals surface area contributed by atoms with E-state index in [0.29, 0.717) is 61.6 Å². The highest BCUT2D eigenvalue weighted by Gasteiger charge is 2.41. The molecule has 6 heterocycles. The number of rotatable bonds is 10. The van der Waals surface area contributed by atoms with Crippen LogP contribution in [0.25, 0.3) is 11.3 Å². The van der Waals surface area contributed by atoms with Gasteiger partial charge in [0, 0.05) is 118 Å². The molecule has 5 atom stereocenters. The normalized spacial score (nSPS) is 24.6. The van der Waals surface area contributed by atoms with Crippen LogP contribution in [0.4, 0.5) is 28.6 Å². The van der Waals surface area contributed by atoms with Crippen LogP contribution in [0.2, 0.25) is 0 Å². The van der Waals surface area contributed by atoms with E-state index in [9.17, 15) is 19.5 Å². The largest absolute Gasteiger partial charge is 0.507 e. The molecule has 0 spiro atoms. The minimum atomic E-state index is -0.385. The van der Waals surface area contributed by atoms with Gasteiger partial charge in [0.25, 0.3) is 0 Å². The van der Waals surface area contributed by atoms with E-state index in [-0.39, 0.29) is 47.7 Å². The summed E-state index contributed by atoms with van der Waals surface area (Å²) in [5, 5.41) is 21.5. The zero-order chi connectivity index (χ0) is 43.1. The number of nitrogens with two attached hydrogens (primary N) is 1. The third kappa shape index (κ3) is 8.42. The minimum absolute atomic E-state index is 0.0386. The second-order valence-corrected chi connectivity index (χ2v) is 17.8. The van der Waals surface area contributed by atoms with Gasteiger partial charge in [0.2, 0.25) is 17.7 Å². The van der Waals surface area contributed by atoms with Crippen molar-refractivity contribution in [3.05, 3.63) is 78.9 Å². The number of hydrogen-bond donors (Lipinski definition) is 3. The summed E-state index contributed by atoms with van der Waals surface area (Å²) in [5.41, 5.74) is 11.6. The van der Waals surface area contributed by atoms with E-state index in [1.165, 1.54) is 0 Å². The van der Waals surface area contributed by atoms with Crippen LogP contribution in [0, 0.1) is 0 Å². The number of benzene rings is 3. The van der Waals surface area contributed by atoms with Gasteiger partial charge in [-0.05, 0) is 81.6 Å². The van der Waals surface area contributed by atoms with Crippen molar-refractivity contribution in [2.45, 2.75) is 88.7 Å². The average molecular weight is 843 g/mol. The van der Waals surface area contributed by atoms with E-state index in [2.05, 4.69) is 79.3 Å². The molecule has 5 saturated heterocycles. The summed E-state index contributed by atoms with van der Waals surface area (Å²) in [4.78, 5) is 51.5. The first-order chi connectivity index (χ1) is 30.0. The maximum absolute atomic E-state index is 13.7. The van der Waals surface area contributed by atoms with Gasteiger partial charge < -0.3 is 40.1 Å². The van der Waals surface area contributed by atoms with Crippen LogP contribution in [0.15, 0.2) is 78.9 Å². The molecule has 0 saturated carbocycles. The number of fused-ring (bicyclic) bond motifs is 2.